The summed E-state index contributed by atoms with van der Waals surface area (Å²) in [5, 5.41) is 10.0. The molecule has 2 rings (SSSR count). The highest BCUT2D eigenvalue weighted by Crippen LogP contribution is 2.28. The van der Waals surface area contributed by atoms with Gasteiger partial charge in [0.05, 0.1) is 6.10 Å². The first kappa shape index (κ1) is 12.6. The fourth-order valence-corrected chi connectivity index (χ4v) is 2.89. The molecule has 1 N–H and O–H groups in total. The van der Waals surface area contributed by atoms with Gasteiger partial charge in [-0.25, -0.2) is 0 Å². The maximum atomic E-state index is 10.0. The van der Waals surface area contributed by atoms with E-state index in [1.54, 1.807) is 0 Å². The van der Waals surface area contributed by atoms with Crippen molar-refractivity contribution in [3.05, 3.63) is 35.9 Å². The second-order valence-corrected chi connectivity index (χ2v) is 5.42. The molecule has 1 saturated carbocycles. The van der Waals surface area contributed by atoms with Crippen molar-refractivity contribution in [1.29, 1.82) is 0 Å². The lowest BCUT2D eigenvalue weighted by Crippen LogP contribution is -2.14. The van der Waals surface area contributed by atoms with Gasteiger partial charge >= 0.3 is 0 Å². The van der Waals surface area contributed by atoms with Crippen LogP contribution in [0.4, 0.5) is 0 Å². The summed E-state index contributed by atoms with van der Waals surface area (Å²) in [5.74, 6) is 0.883. The van der Waals surface area contributed by atoms with Crippen LogP contribution in [0.2, 0.25) is 0 Å². The van der Waals surface area contributed by atoms with E-state index in [2.05, 4.69) is 12.1 Å². The van der Waals surface area contributed by atoms with Gasteiger partial charge in [-0.05, 0) is 30.7 Å². The number of rotatable bonds is 5. The molecule has 0 aliphatic heterocycles. The lowest BCUT2D eigenvalue weighted by Gasteiger charge is -2.22. The van der Waals surface area contributed by atoms with Gasteiger partial charge in [0.2, 0.25) is 0 Å². The zero-order valence-electron chi connectivity index (χ0n) is 10.6. The summed E-state index contributed by atoms with van der Waals surface area (Å²) in [6.45, 7) is 0. The molecule has 0 heterocycles. The van der Waals surface area contributed by atoms with Crippen molar-refractivity contribution in [2.45, 2.75) is 57.5 Å². The molecule has 0 saturated heterocycles. The molecule has 1 unspecified atom stereocenters. The molecule has 1 aromatic carbocycles. The number of hydrogen-bond acceptors (Lipinski definition) is 1. The van der Waals surface area contributed by atoms with Gasteiger partial charge in [0, 0.05) is 0 Å². The summed E-state index contributed by atoms with van der Waals surface area (Å²) >= 11 is 0. The summed E-state index contributed by atoms with van der Waals surface area (Å²) in [7, 11) is 0. The second-order valence-electron chi connectivity index (χ2n) is 5.42. The molecule has 0 bridgehead atoms. The van der Waals surface area contributed by atoms with E-state index < -0.39 is 0 Å². The van der Waals surface area contributed by atoms with E-state index in [1.165, 1.54) is 44.1 Å². The molecule has 0 spiro atoms. The van der Waals surface area contributed by atoms with E-state index in [0.717, 1.165) is 18.8 Å². The van der Waals surface area contributed by atoms with Crippen molar-refractivity contribution < 1.29 is 5.11 Å². The second kappa shape index (κ2) is 6.80. The van der Waals surface area contributed by atoms with Crippen LogP contribution in [0.5, 0.6) is 0 Å². The Morgan fingerprint density at radius 3 is 2.47 bits per heavy atom. The van der Waals surface area contributed by atoms with Gasteiger partial charge in [-0.3, -0.25) is 0 Å². The van der Waals surface area contributed by atoms with E-state index >= 15 is 0 Å². The first-order valence-corrected chi connectivity index (χ1v) is 7.06. The Morgan fingerprint density at radius 2 is 1.76 bits per heavy atom. The quantitative estimate of drug-likeness (QED) is 0.815. The van der Waals surface area contributed by atoms with Crippen LogP contribution in [0.3, 0.4) is 0 Å². The molecule has 1 aliphatic rings. The van der Waals surface area contributed by atoms with Crippen LogP contribution in [0.1, 0.15) is 50.5 Å². The molecular weight excluding hydrogens is 208 g/mol. The smallest absolute Gasteiger partial charge is 0.0580 e. The largest absolute Gasteiger partial charge is 0.393 e. The van der Waals surface area contributed by atoms with Gasteiger partial charge in [-0.1, -0.05) is 62.4 Å². The van der Waals surface area contributed by atoms with Gasteiger partial charge in [0.25, 0.3) is 0 Å². The summed E-state index contributed by atoms with van der Waals surface area (Å²) in [5.41, 5.74) is 1.25. The van der Waals surface area contributed by atoms with Crippen molar-refractivity contribution >= 4 is 0 Å². The average molecular weight is 232 g/mol. The zero-order valence-corrected chi connectivity index (χ0v) is 10.6. The Kier molecular flexibility index (Phi) is 5.06. The highest BCUT2D eigenvalue weighted by atomic mass is 16.3. The lowest BCUT2D eigenvalue weighted by molar-refractivity contribution is 0.149. The first-order chi connectivity index (χ1) is 8.34. The fourth-order valence-electron chi connectivity index (χ4n) is 2.89. The summed E-state index contributed by atoms with van der Waals surface area (Å²) < 4.78 is 0. The summed E-state index contributed by atoms with van der Waals surface area (Å²) in [4.78, 5) is 0. The van der Waals surface area contributed by atoms with Crippen LogP contribution in [0.25, 0.3) is 0 Å². The van der Waals surface area contributed by atoms with Gasteiger partial charge in [-0.2, -0.15) is 0 Å². The van der Waals surface area contributed by atoms with E-state index in [1.807, 2.05) is 18.2 Å². The van der Waals surface area contributed by atoms with Gasteiger partial charge in [0.1, 0.15) is 0 Å². The summed E-state index contributed by atoms with van der Waals surface area (Å²) in [6.07, 6.45) is 9.85. The molecule has 0 amide bonds. The van der Waals surface area contributed by atoms with Crippen LogP contribution in [0, 0.1) is 5.92 Å². The highest BCUT2D eigenvalue weighted by molar-refractivity contribution is 5.15. The van der Waals surface area contributed by atoms with E-state index in [9.17, 15) is 5.11 Å². The van der Waals surface area contributed by atoms with Gasteiger partial charge < -0.3 is 5.11 Å². The Morgan fingerprint density at radius 1 is 1.06 bits per heavy atom. The minimum atomic E-state index is -0.153. The van der Waals surface area contributed by atoms with Gasteiger partial charge in [-0.15, -0.1) is 0 Å². The van der Waals surface area contributed by atoms with Crippen molar-refractivity contribution in [3.63, 3.8) is 0 Å². The average Bonchev–Trinajstić information content (AvgIpc) is 2.39. The molecule has 94 valence electrons. The molecule has 1 nitrogen and oxygen atoms in total. The number of hydrogen-bond donors (Lipinski definition) is 1. The Labute approximate surface area is 105 Å². The standard InChI is InChI=1S/C16H24O/c17-16(13-15-9-5-2-6-10-15)12-11-14-7-3-1-4-8-14/h2,5-6,9-10,14,16-17H,1,3-4,7-8,11-13H2. The normalized spacial score (nSPS) is 19.1. The van der Waals surface area contributed by atoms with Crippen molar-refractivity contribution in [2.75, 3.05) is 0 Å². The molecule has 1 aromatic rings. The zero-order chi connectivity index (χ0) is 11.9. The van der Waals surface area contributed by atoms with Crippen LogP contribution >= 0.6 is 0 Å². The van der Waals surface area contributed by atoms with Crippen molar-refractivity contribution in [2.24, 2.45) is 5.92 Å². The van der Waals surface area contributed by atoms with Gasteiger partial charge in [0.15, 0.2) is 0 Å². The predicted molar refractivity (Wildman–Crippen MR) is 72.0 cm³/mol. The van der Waals surface area contributed by atoms with E-state index in [-0.39, 0.29) is 6.10 Å². The van der Waals surface area contributed by atoms with Crippen LogP contribution in [-0.4, -0.2) is 11.2 Å². The SMILES string of the molecule is OC(CCC1CCCCC1)Cc1ccccc1. The molecule has 1 aliphatic carbocycles. The number of benzene rings is 1. The van der Waals surface area contributed by atoms with E-state index in [0.29, 0.717) is 0 Å². The fraction of sp³-hybridized carbons (Fsp3) is 0.625. The molecular formula is C16H24O. The Balaban J connectivity index is 1.68. The summed E-state index contributed by atoms with van der Waals surface area (Å²) in [6, 6.07) is 10.3. The number of aliphatic hydroxyl groups is 1. The molecule has 17 heavy (non-hydrogen) atoms. The molecule has 1 atom stereocenters. The number of aliphatic hydroxyl groups excluding tert-OH is 1. The Hall–Kier alpha value is -0.820. The van der Waals surface area contributed by atoms with E-state index in [4.69, 9.17) is 0 Å². The molecule has 0 aromatic heterocycles. The third kappa shape index (κ3) is 4.51. The monoisotopic (exact) mass is 232 g/mol. The van der Waals surface area contributed by atoms with Crippen LogP contribution in [0.15, 0.2) is 30.3 Å². The highest BCUT2D eigenvalue weighted by Gasteiger charge is 2.15. The van der Waals surface area contributed by atoms with Crippen LogP contribution < -0.4 is 0 Å². The topological polar surface area (TPSA) is 20.2 Å². The predicted octanol–water partition coefficient (Wildman–Crippen LogP) is 3.95. The Bertz CT molecular complexity index is 301. The van der Waals surface area contributed by atoms with Crippen molar-refractivity contribution in [1.82, 2.24) is 0 Å². The minimum Gasteiger partial charge on any atom is -0.393 e. The third-order valence-corrected chi connectivity index (χ3v) is 3.95. The third-order valence-electron chi connectivity index (χ3n) is 3.95. The van der Waals surface area contributed by atoms with Crippen LogP contribution in [-0.2, 0) is 6.42 Å². The molecule has 1 fully saturated rings. The minimum absolute atomic E-state index is 0.153. The maximum Gasteiger partial charge on any atom is 0.0580 e. The first-order valence-electron chi connectivity index (χ1n) is 7.06. The maximum absolute atomic E-state index is 10.0. The molecule has 0 radical (unpaired) electrons. The lowest BCUT2D eigenvalue weighted by atomic mass is 9.85. The molecule has 1 heteroatoms. The van der Waals surface area contributed by atoms with Crippen molar-refractivity contribution in [3.8, 4) is 0 Å².